The summed E-state index contributed by atoms with van der Waals surface area (Å²) in [5.74, 6) is 0.691. The van der Waals surface area contributed by atoms with Crippen LogP contribution in [0.2, 0.25) is 5.02 Å². The number of hydrogen-bond acceptors (Lipinski definition) is 4. The molecular weight excluding hydrogens is 442 g/mol. The van der Waals surface area contributed by atoms with E-state index in [2.05, 4.69) is 58.0 Å². The topological polar surface area (TPSA) is 37.4 Å². The van der Waals surface area contributed by atoms with Gasteiger partial charge in [-0.2, -0.15) is 0 Å². The lowest BCUT2D eigenvalue weighted by molar-refractivity contribution is 0.128. The smallest absolute Gasteiger partial charge is 0.214 e. The quantitative estimate of drug-likeness (QED) is 0.330. The van der Waals surface area contributed by atoms with Crippen molar-refractivity contribution in [3.8, 4) is 0 Å². The van der Waals surface area contributed by atoms with Gasteiger partial charge >= 0.3 is 0 Å². The van der Waals surface area contributed by atoms with Gasteiger partial charge in [-0.15, -0.1) is 0 Å². The Hall–Kier alpha value is -4.02. The van der Waals surface area contributed by atoms with Crippen molar-refractivity contribution in [1.29, 1.82) is 0 Å². The number of hydrazine groups is 1. The van der Waals surface area contributed by atoms with Crippen LogP contribution in [0.4, 0.5) is 0 Å². The number of rotatable bonds is 7. The molecule has 4 nitrogen and oxygen atoms in total. The van der Waals surface area contributed by atoms with E-state index in [1.807, 2.05) is 73.1 Å². The molecule has 0 fully saturated rings. The highest BCUT2D eigenvalue weighted by molar-refractivity contribution is 6.30. The van der Waals surface area contributed by atoms with E-state index in [9.17, 15) is 0 Å². The number of benzene rings is 3. The zero-order chi connectivity index (χ0) is 23.2. The van der Waals surface area contributed by atoms with Crippen molar-refractivity contribution in [3.63, 3.8) is 0 Å². The van der Waals surface area contributed by atoms with Gasteiger partial charge in [0.05, 0.1) is 12.1 Å². The minimum Gasteiger partial charge on any atom is -0.473 e. The summed E-state index contributed by atoms with van der Waals surface area (Å²) in [7, 11) is 0. The molecule has 4 aromatic rings. The van der Waals surface area contributed by atoms with Crippen molar-refractivity contribution in [2.75, 3.05) is 0 Å². The third-order valence-electron chi connectivity index (χ3n) is 5.57. The van der Waals surface area contributed by atoms with Crippen molar-refractivity contribution >= 4 is 22.7 Å². The first-order chi connectivity index (χ1) is 16.8. The molecule has 0 spiro atoms. The molecule has 0 saturated heterocycles. The Bertz CT molecular complexity index is 1290. The first kappa shape index (κ1) is 21.8. The molecule has 1 aliphatic rings. The fraction of sp³-hybridized carbons (Fsp3) is 0.0690. The standard InChI is InChI=1S/C29H24ClN3O/c30-26-13-11-25(12-14-26)28-27(24-15-17-31-18-16-24)20-33(19-22-7-3-1-4-8-22)32-29(28)34-21-23-9-5-2-6-10-23/h1-18,20,32H,19,21H2. The summed E-state index contributed by atoms with van der Waals surface area (Å²) in [6, 6.07) is 32.4. The third-order valence-corrected chi connectivity index (χ3v) is 5.82. The van der Waals surface area contributed by atoms with Crippen LogP contribution < -0.4 is 5.43 Å². The van der Waals surface area contributed by atoms with Crippen molar-refractivity contribution in [3.05, 3.63) is 149 Å². The molecular formula is C29H24ClN3O. The molecule has 2 heterocycles. The fourth-order valence-electron chi connectivity index (χ4n) is 3.91. The van der Waals surface area contributed by atoms with Crippen LogP contribution in [-0.2, 0) is 17.9 Å². The Morgan fingerprint density at radius 3 is 2.06 bits per heavy atom. The van der Waals surface area contributed by atoms with E-state index in [0.717, 1.165) is 27.8 Å². The molecule has 3 aromatic carbocycles. The fourth-order valence-corrected chi connectivity index (χ4v) is 4.04. The second-order valence-electron chi connectivity index (χ2n) is 7.99. The minimum absolute atomic E-state index is 0.447. The van der Waals surface area contributed by atoms with Gasteiger partial charge in [0.15, 0.2) is 0 Å². The monoisotopic (exact) mass is 465 g/mol. The van der Waals surface area contributed by atoms with E-state index in [0.29, 0.717) is 24.1 Å². The summed E-state index contributed by atoms with van der Waals surface area (Å²) < 4.78 is 6.42. The normalized spacial score (nSPS) is 13.3. The summed E-state index contributed by atoms with van der Waals surface area (Å²) in [6.45, 7) is 1.13. The van der Waals surface area contributed by atoms with Crippen LogP contribution in [0.25, 0.3) is 11.1 Å². The van der Waals surface area contributed by atoms with E-state index in [4.69, 9.17) is 16.3 Å². The van der Waals surface area contributed by atoms with Gasteiger partial charge in [0, 0.05) is 29.2 Å². The number of ether oxygens (including phenoxy) is 1. The van der Waals surface area contributed by atoms with Crippen molar-refractivity contribution < 1.29 is 4.74 Å². The first-order valence-electron chi connectivity index (χ1n) is 11.1. The van der Waals surface area contributed by atoms with Gasteiger partial charge in [-0.3, -0.25) is 15.4 Å². The number of nitrogens with zero attached hydrogens (tertiary/aromatic N) is 2. The van der Waals surface area contributed by atoms with Gasteiger partial charge in [0.2, 0.25) is 5.88 Å². The predicted molar refractivity (Wildman–Crippen MR) is 137 cm³/mol. The molecule has 0 atom stereocenters. The van der Waals surface area contributed by atoms with Crippen LogP contribution in [0.15, 0.2) is 122 Å². The molecule has 5 heteroatoms. The number of allylic oxidation sites excluding steroid dienone is 2. The zero-order valence-corrected chi connectivity index (χ0v) is 19.3. The maximum atomic E-state index is 6.42. The summed E-state index contributed by atoms with van der Waals surface area (Å²) in [5, 5.41) is 2.75. The van der Waals surface area contributed by atoms with Crippen LogP contribution in [0.5, 0.6) is 0 Å². The van der Waals surface area contributed by atoms with Crippen molar-refractivity contribution in [1.82, 2.24) is 15.4 Å². The Labute approximate surface area is 204 Å². The van der Waals surface area contributed by atoms with E-state index in [-0.39, 0.29) is 0 Å². The average molecular weight is 466 g/mol. The van der Waals surface area contributed by atoms with Gasteiger partial charge in [0.1, 0.15) is 6.61 Å². The zero-order valence-electron chi connectivity index (χ0n) is 18.6. The molecule has 0 unspecified atom stereocenters. The van der Waals surface area contributed by atoms with Gasteiger partial charge in [-0.1, -0.05) is 84.4 Å². The van der Waals surface area contributed by atoms with Crippen LogP contribution in [-0.4, -0.2) is 9.99 Å². The molecule has 34 heavy (non-hydrogen) atoms. The lowest BCUT2D eigenvalue weighted by Crippen LogP contribution is -2.37. The van der Waals surface area contributed by atoms with Crippen LogP contribution in [0.1, 0.15) is 22.3 Å². The van der Waals surface area contributed by atoms with Gasteiger partial charge in [-0.05, 0) is 46.5 Å². The summed E-state index contributed by atoms with van der Waals surface area (Å²) in [4.78, 5) is 4.21. The number of aromatic nitrogens is 1. The molecule has 0 aliphatic carbocycles. The summed E-state index contributed by atoms with van der Waals surface area (Å²) in [5.41, 5.74) is 9.88. The van der Waals surface area contributed by atoms with Crippen molar-refractivity contribution in [2.45, 2.75) is 13.2 Å². The molecule has 0 bridgehead atoms. The Morgan fingerprint density at radius 2 is 1.38 bits per heavy atom. The average Bonchev–Trinajstić information content (AvgIpc) is 2.89. The highest BCUT2D eigenvalue weighted by Crippen LogP contribution is 2.37. The molecule has 168 valence electrons. The van der Waals surface area contributed by atoms with E-state index in [1.54, 1.807) is 0 Å². The lowest BCUT2D eigenvalue weighted by atomic mass is 9.93. The number of pyridine rings is 1. The van der Waals surface area contributed by atoms with Gasteiger partial charge in [0.25, 0.3) is 0 Å². The molecule has 0 radical (unpaired) electrons. The van der Waals surface area contributed by atoms with Gasteiger partial charge < -0.3 is 4.74 Å². The number of hydrogen-bond donors (Lipinski definition) is 1. The summed E-state index contributed by atoms with van der Waals surface area (Å²) >= 11 is 6.20. The SMILES string of the molecule is Clc1ccc(C2=C(OCc3ccccc3)NN(Cc3ccccc3)C=C2c2ccncc2)cc1. The first-order valence-corrected chi connectivity index (χ1v) is 11.5. The van der Waals surface area contributed by atoms with Crippen LogP contribution in [0.3, 0.4) is 0 Å². The molecule has 0 saturated carbocycles. The van der Waals surface area contributed by atoms with Crippen molar-refractivity contribution in [2.24, 2.45) is 0 Å². The molecule has 1 N–H and O–H groups in total. The maximum Gasteiger partial charge on any atom is 0.214 e. The molecule has 0 amide bonds. The van der Waals surface area contributed by atoms with E-state index in [1.165, 1.54) is 5.56 Å². The number of nitrogens with one attached hydrogen (secondary N) is 1. The van der Waals surface area contributed by atoms with E-state index >= 15 is 0 Å². The maximum absolute atomic E-state index is 6.42. The summed E-state index contributed by atoms with van der Waals surface area (Å²) in [6.07, 6.45) is 5.75. The van der Waals surface area contributed by atoms with Crippen LogP contribution in [0, 0.1) is 0 Å². The molecule has 1 aromatic heterocycles. The van der Waals surface area contributed by atoms with E-state index < -0.39 is 0 Å². The Balaban J connectivity index is 1.58. The molecule has 1 aliphatic heterocycles. The predicted octanol–water partition coefficient (Wildman–Crippen LogP) is 6.68. The second-order valence-corrected chi connectivity index (χ2v) is 8.43. The molecule has 5 rings (SSSR count). The second kappa shape index (κ2) is 10.3. The Morgan fingerprint density at radius 1 is 0.735 bits per heavy atom. The highest BCUT2D eigenvalue weighted by atomic mass is 35.5. The number of halogens is 1. The van der Waals surface area contributed by atoms with Crippen LogP contribution >= 0.6 is 11.6 Å². The largest absolute Gasteiger partial charge is 0.473 e. The Kier molecular flexibility index (Phi) is 6.59. The highest BCUT2D eigenvalue weighted by Gasteiger charge is 2.24. The van der Waals surface area contributed by atoms with Gasteiger partial charge in [-0.25, -0.2) is 0 Å². The lowest BCUT2D eigenvalue weighted by Gasteiger charge is -2.32. The minimum atomic E-state index is 0.447. The third kappa shape index (κ3) is 5.13.